The standard InChI is InChI=1S/C24H31N3O5.C8H12.C2H6/c1-4-8-19(22(30)25-3)18(5-2)17-11-9-16(10-12-17)15-26-23(31)20(28)21(29)24(32)27-13-6-7-14-27;1-3-5-7-8-6-4-2;1-2/h4-5,8-12,20-21,28-29H,1,6-7,13-15H2,2-3H3,(H,25,30)(H,26,31);3-7H,1,8H2,2H3;1-2H3/b18-5-,19-8+;6-4-,7-5?;. The van der Waals surface area contributed by atoms with E-state index in [1.165, 1.54) is 4.90 Å². The van der Waals surface area contributed by atoms with Gasteiger partial charge in [0.2, 0.25) is 0 Å². The van der Waals surface area contributed by atoms with Gasteiger partial charge >= 0.3 is 0 Å². The number of benzene rings is 1. The van der Waals surface area contributed by atoms with E-state index in [-0.39, 0.29) is 12.5 Å². The zero-order valence-corrected chi connectivity index (χ0v) is 25.8. The van der Waals surface area contributed by atoms with E-state index in [1.807, 2.05) is 58.1 Å². The summed E-state index contributed by atoms with van der Waals surface area (Å²) in [6.07, 6.45) is 14.0. The normalized spacial score (nSPS) is 14.7. The van der Waals surface area contributed by atoms with Gasteiger partial charge in [0.1, 0.15) is 0 Å². The lowest BCUT2D eigenvalue weighted by Gasteiger charge is -2.22. The Balaban J connectivity index is 0.00000145. The first-order chi connectivity index (χ1) is 20.2. The molecule has 1 aromatic carbocycles. The summed E-state index contributed by atoms with van der Waals surface area (Å²) in [4.78, 5) is 38.0. The first-order valence-electron chi connectivity index (χ1n) is 14.4. The highest BCUT2D eigenvalue weighted by Crippen LogP contribution is 2.24. The highest BCUT2D eigenvalue weighted by atomic mass is 16.3. The molecule has 230 valence electrons. The van der Waals surface area contributed by atoms with Crippen molar-refractivity contribution in [3.05, 3.63) is 103 Å². The van der Waals surface area contributed by atoms with Crippen LogP contribution in [0.1, 0.15) is 58.1 Å². The molecule has 2 unspecified atom stereocenters. The molecule has 2 atom stereocenters. The van der Waals surface area contributed by atoms with Gasteiger partial charge in [0.25, 0.3) is 17.7 Å². The van der Waals surface area contributed by atoms with Crippen LogP contribution in [-0.4, -0.2) is 65.2 Å². The number of hydrogen-bond donors (Lipinski definition) is 4. The molecule has 42 heavy (non-hydrogen) atoms. The fourth-order valence-corrected chi connectivity index (χ4v) is 3.91. The molecule has 0 bridgehead atoms. The quantitative estimate of drug-likeness (QED) is 0.164. The van der Waals surface area contributed by atoms with Gasteiger partial charge in [-0.15, -0.1) is 0 Å². The number of amides is 3. The number of nitrogens with zero attached hydrogens (tertiary/aromatic N) is 1. The Morgan fingerprint density at radius 3 is 2.10 bits per heavy atom. The van der Waals surface area contributed by atoms with Crippen LogP contribution < -0.4 is 10.6 Å². The van der Waals surface area contributed by atoms with Crippen LogP contribution in [-0.2, 0) is 20.9 Å². The molecule has 8 heteroatoms. The largest absolute Gasteiger partial charge is 0.380 e. The topological polar surface area (TPSA) is 119 Å². The zero-order chi connectivity index (χ0) is 31.9. The summed E-state index contributed by atoms with van der Waals surface area (Å²) < 4.78 is 0. The molecule has 4 N–H and O–H groups in total. The van der Waals surface area contributed by atoms with Crippen LogP contribution in [0.3, 0.4) is 0 Å². The Kier molecular flexibility index (Phi) is 20.5. The lowest BCUT2D eigenvalue weighted by atomic mass is 9.95. The van der Waals surface area contributed by atoms with Crippen molar-refractivity contribution in [2.75, 3.05) is 20.1 Å². The van der Waals surface area contributed by atoms with Crippen molar-refractivity contribution in [2.45, 2.75) is 65.7 Å². The van der Waals surface area contributed by atoms with E-state index in [0.717, 1.165) is 36.0 Å². The second-order valence-corrected chi connectivity index (χ2v) is 8.90. The smallest absolute Gasteiger partial charge is 0.254 e. The molecule has 1 aliphatic rings. The van der Waals surface area contributed by atoms with Crippen LogP contribution in [0.2, 0.25) is 0 Å². The van der Waals surface area contributed by atoms with E-state index >= 15 is 0 Å². The number of aliphatic hydroxyl groups is 2. The molecule has 0 spiro atoms. The van der Waals surface area contributed by atoms with Gasteiger partial charge < -0.3 is 25.7 Å². The van der Waals surface area contributed by atoms with Gasteiger partial charge in [-0.05, 0) is 55.9 Å². The number of carbonyl (C=O) groups is 3. The molecule has 0 radical (unpaired) electrons. The van der Waals surface area contributed by atoms with Gasteiger partial charge in [-0.3, -0.25) is 14.4 Å². The van der Waals surface area contributed by atoms with Crippen LogP contribution in [0.25, 0.3) is 5.57 Å². The number of allylic oxidation sites excluding steroid dienone is 8. The minimum atomic E-state index is -1.84. The number of rotatable bonds is 12. The predicted octanol–water partition coefficient (Wildman–Crippen LogP) is 4.63. The van der Waals surface area contributed by atoms with E-state index in [0.29, 0.717) is 18.7 Å². The molecule has 3 amide bonds. The van der Waals surface area contributed by atoms with Crippen molar-refractivity contribution in [1.82, 2.24) is 15.5 Å². The average molecular weight is 580 g/mol. The fraction of sp³-hybridized carbons (Fsp3) is 0.382. The minimum absolute atomic E-state index is 0.108. The van der Waals surface area contributed by atoms with Crippen molar-refractivity contribution in [3.8, 4) is 0 Å². The molecule has 1 heterocycles. The summed E-state index contributed by atoms with van der Waals surface area (Å²) in [6.45, 7) is 16.2. The number of carbonyl (C=O) groups excluding carboxylic acids is 3. The maximum absolute atomic E-state index is 12.2. The molecule has 0 aromatic heterocycles. The summed E-state index contributed by atoms with van der Waals surface area (Å²) in [5.41, 5.74) is 2.77. The van der Waals surface area contributed by atoms with Gasteiger partial charge in [-0.25, -0.2) is 0 Å². The number of aliphatic hydroxyl groups excluding tert-OH is 2. The summed E-state index contributed by atoms with van der Waals surface area (Å²) in [5.74, 6) is -1.68. The van der Waals surface area contributed by atoms with Gasteiger partial charge in [0, 0.05) is 32.3 Å². The van der Waals surface area contributed by atoms with Crippen LogP contribution in [0.15, 0.2) is 91.6 Å². The fourth-order valence-electron chi connectivity index (χ4n) is 3.91. The molecule has 1 fully saturated rings. The van der Waals surface area contributed by atoms with Crippen LogP contribution in [0.4, 0.5) is 0 Å². The van der Waals surface area contributed by atoms with Gasteiger partial charge in [0.15, 0.2) is 12.2 Å². The van der Waals surface area contributed by atoms with Crippen molar-refractivity contribution in [1.29, 1.82) is 0 Å². The third-order valence-electron chi connectivity index (χ3n) is 6.09. The minimum Gasteiger partial charge on any atom is -0.380 e. The molecular formula is C34H49N3O5. The number of hydrogen-bond acceptors (Lipinski definition) is 5. The van der Waals surface area contributed by atoms with Crippen LogP contribution in [0, 0.1) is 0 Å². The second kappa shape index (κ2) is 22.7. The zero-order valence-electron chi connectivity index (χ0n) is 25.8. The molecule has 1 aromatic rings. The van der Waals surface area contributed by atoms with E-state index in [4.69, 9.17) is 0 Å². The SMILES string of the molecule is C=C/C=C(C(=O)NC)\C(=C/C)c1ccc(CNC(=O)C(O)C(O)C(=O)N2CCCC2)cc1.C=CC=CC/C=C\C.CC. The number of likely N-dealkylation sites (N-methyl/N-ethyl adjacent to an activating group) is 1. The summed E-state index contributed by atoms with van der Waals surface area (Å²) >= 11 is 0. The van der Waals surface area contributed by atoms with Crippen molar-refractivity contribution in [3.63, 3.8) is 0 Å². The summed E-state index contributed by atoms with van der Waals surface area (Å²) in [7, 11) is 1.56. The molecular weight excluding hydrogens is 530 g/mol. The summed E-state index contributed by atoms with van der Waals surface area (Å²) in [6, 6.07) is 7.21. The first kappa shape index (κ1) is 38.0. The number of nitrogens with one attached hydrogen (secondary N) is 2. The monoisotopic (exact) mass is 579 g/mol. The maximum atomic E-state index is 12.2. The van der Waals surface area contributed by atoms with Crippen molar-refractivity contribution < 1.29 is 24.6 Å². The second-order valence-electron chi connectivity index (χ2n) is 8.90. The Labute approximate surface area is 251 Å². The Bertz CT molecular complexity index is 1110. The molecule has 0 aliphatic carbocycles. The molecule has 8 nitrogen and oxygen atoms in total. The lowest BCUT2D eigenvalue weighted by molar-refractivity contribution is -0.152. The maximum Gasteiger partial charge on any atom is 0.254 e. The van der Waals surface area contributed by atoms with E-state index in [9.17, 15) is 24.6 Å². The Morgan fingerprint density at radius 2 is 1.60 bits per heavy atom. The Morgan fingerprint density at radius 1 is 0.976 bits per heavy atom. The van der Waals surface area contributed by atoms with E-state index < -0.39 is 24.0 Å². The van der Waals surface area contributed by atoms with Gasteiger partial charge in [0.05, 0.1) is 0 Å². The summed E-state index contributed by atoms with van der Waals surface area (Å²) in [5, 5.41) is 25.3. The molecule has 1 aliphatic heterocycles. The third-order valence-corrected chi connectivity index (χ3v) is 6.09. The van der Waals surface area contributed by atoms with Crippen molar-refractivity contribution in [2.24, 2.45) is 0 Å². The van der Waals surface area contributed by atoms with Crippen LogP contribution in [0.5, 0.6) is 0 Å². The van der Waals surface area contributed by atoms with Crippen LogP contribution >= 0.6 is 0 Å². The Hall–Kier alpha value is -4.01. The van der Waals surface area contributed by atoms with E-state index in [2.05, 4.69) is 35.9 Å². The highest BCUT2D eigenvalue weighted by Gasteiger charge is 2.34. The highest BCUT2D eigenvalue weighted by molar-refractivity contribution is 6.09. The third kappa shape index (κ3) is 13.1. The molecule has 0 saturated carbocycles. The van der Waals surface area contributed by atoms with Gasteiger partial charge in [-0.1, -0.05) is 93.8 Å². The first-order valence-corrected chi connectivity index (χ1v) is 14.4. The molecule has 1 saturated heterocycles. The van der Waals surface area contributed by atoms with Crippen molar-refractivity contribution >= 4 is 23.3 Å². The van der Waals surface area contributed by atoms with E-state index in [1.54, 1.807) is 37.4 Å². The van der Waals surface area contributed by atoms with Gasteiger partial charge in [-0.2, -0.15) is 0 Å². The average Bonchev–Trinajstić information content (AvgIpc) is 3.57. The lowest BCUT2D eigenvalue weighted by Crippen LogP contribution is -2.50. The number of likely N-dealkylation sites (tertiary alicyclic amines) is 1. The predicted molar refractivity (Wildman–Crippen MR) is 172 cm³/mol. The molecule has 2 rings (SSSR count).